The number of H-pyrrole nitrogens is 1. The molecule has 1 fully saturated rings. The van der Waals surface area contributed by atoms with Gasteiger partial charge in [0, 0.05) is 35.8 Å². The summed E-state index contributed by atoms with van der Waals surface area (Å²) in [7, 11) is 0. The van der Waals surface area contributed by atoms with Crippen molar-refractivity contribution < 1.29 is 4.74 Å². The molecule has 0 unspecified atom stereocenters. The number of nitrogens with one attached hydrogen (secondary N) is 1. The van der Waals surface area contributed by atoms with Crippen molar-refractivity contribution in [2.75, 3.05) is 13.2 Å². The molecule has 0 bridgehead atoms. The van der Waals surface area contributed by atoms with E-state index in [4.69, 9.17) is 16.3 Å². The molecule has 0 aliphatic carbocycles. The highest BCUT2D eigenvalue weighted by atomic mass is 35.5. The molecule has 3 heterocycles. The Labute approximate surface area is 228 Å². The van der Waals surface area contributed by atoms with Gasteiger partial charge in [-0.15, -0.1) is 5.10 Å². The molecule has 200 valence electrons. The van der Waals surface area contributed by atoms with E-state index in [1.165, 1.54) is 5.56 Å². The first kappa shape index (κ1) is 26.5. The highest BCUT2D eigenvalue weighted by molar-refractivity contribution is 6.30. The predicted octanol–water partition coefficient (Wildman–Crippen LogP) is 5.26. The van der Waals surface area contributed by atoms with E-state index in [0.717, 1.165) is 42.3 Å². The van der Waals surface area contributed by atoms with Crippen LogP contribution in [-0.2, 0) is 23.2 Å². The van der Waals surface area contributed by atoms with Crippen LogP contribution in [0.5, 0.6) is 0 Å². The Morgan fingerprint density at radius 2 is 1.92 bits per heavy atom. The summed E-state index contributed by atoms with van der Waals surface area (Å²) >= 11 is 6.19. The van der Waals surface area contributed by atoms with Crippen LogP contribution in [0.2, 0.25) is 5.02 Å². The standard InChI is InChI=1S/C29H35ClN6O2/c1-5-19-10-13-25-21(15-19)16-24(28(37)31-25)26(27-32-33-34-36(27)29(2,3)4)35(18-23-7-6-14-38-23)17-20-8-11-22(30)12-9-20/h8-13,15-16,23,26H,5-7,14,17-18H2,1-4H3,(H,31,37)/t23-,26+/m1/s1. The van der Waals surface area contributed by atoms with Gasteiger partial charge in [-0.3, -0.25) is 9.69 Å². The normalized spacial score (nSPS) is 16.9. The van der Waals surface area contributed by atoms with Crippen LogP contribution in [0.25, 0.3) is 10.9 Å². The molecule has 2 aromatic heterocycles. The van der Waals surface area contributed by atoms with E-state index >= 15 is 0 Å². The molecule has 8 nitrogen and oxygen atoms in total. The molecule has 38 heavy (non-hydrogen) atoms. The first-order chi connectivity index (χ1) is 18.2. The minimum absolute atomic E-state index is 0.0648. The predicted molar refractivity (Wildman–Crippen MR) is 149 cm³/mol. The third-order valence-corrected chi connectivity index (χ3v) is 7.39. The number of nitrogens with zero attached hydrogens (tertiary/aromatic N) is 5. The monoisotopic (exact) mass is 534 g/mol. The Balaban J connectivity index is 1.69. The Morgan fingerprint density at radius 3 is 2.61 bits per heavy atom. The fraction of sp³-hybridized carbons (Fsp3) is 0.448. The van der Waals surface area contributed by atoms with Gasteiger partial charge in [0.05, 0.1) is 11.6 Å². The second kappa shape index (κ2) is 11.0. The van der Waals surface area contributed by atoms with Crippen molar-refractivity contribution in [3.05, 3.63) is 86.4 Å². The topological polar surface area (TPSA) is 88.9 Å². The van der Waals surface area contributed by atoms with Crippen molar-refractivity contribution in [1.29, 1.82) is 0 Å². The molecule has 1 saturated heterocycles. The first-order valence-corrected chi connectivity index (χ1v) is 13.7. The van der Waals surface area contributed by atoms with Gasteiger partial charge >= 0.3 is 0 Å². The Kier molecular flexibility index (Phi) is 7.66. The fourth-order valence-corrected chi connectivity index (χ4v) is 5.30. The number of halogens is 1. The summed E-state index contributed by atoms with van der Waals surface area (Å²) < 4.78 is 7.89. The minimum Gasteiger partial charge on any atom is -0.377 e. The molecule has 4 aromatic rings. The van der Waals surface area contributed by atoms with Crippen molar-refractivity contribution in [3.8, 4) is 0 Å². The quantitative estimate of drug-likeness (QED) is 0.332. The molecule has 2 aromatic carbocycles. The third-order valence-electron chi connectivity index (χ3n) is 7.14. The third kappa shape index (κ3) is 5.67. The van der Waals surface area contributed by atoms with E-state index in [2.05, 4.69) is 65.2 Å². The highest BCUT2D eigenvalue weighted by Gasteiger charge is 2.35. The summed E-state index contributed by atoms with van der Waals surface area (Å²) in [5.74, 6) is 0.626. The van der Waals surface area contributed by atoms with Crippen LogP contribution >= 0.6 is 11.6 Å². The molecular weight excluding hydrogens is 500 g/mol. The fourth-order valence-electron chi connectivity index (χ4n) is 5.17. The smallest absolute Gasteiger partial charge is 0.253 e. The minimum atomic E-state index is -0.498. The van der Waals surface area contributed by atoms with Gasteiger partial charge in [-0.2, -0.15) is 0 Å². The van der Waals surface area contributed by atoms with Crippen LogP contribution in [0, 0.1) is 0 Å². The number of pyridine rings is 1. The number of fused-ring (bicyclic) bond motifs is 1. The molecule has 9 heteroatoms. The zero-order chi connectivity index (χ0) is 26.9. The average molecular weight is 535 g/mol. The summed E-state index contributed by atoms with van der Waals surface area (Å²) in [6.45, 7) is 10.3. The van der Waals surface area contributed by atoms with Gasteiger partial charge in [-0.05, 0) is 97.3 Å². The highest BCUT2D eigenvalue weighted by Crippen LogP contribution is 2.32. The van der Waals surface area contributed by atoms with E-state index in [1.807, 2.05) is 41.1 Å². The molecule has 1 aliphatic rings. The maximum Gasteiger partial charge on any atom is 0.253 e. The zero-order valence-electron chi connectivity index (χ0n) is 22.4. The van der Waals surface area contributed by atoms with Gasteiger partial charge in [0.15, 0.2) is 5.82 Å². The summed E-state index contributed by atoms with van der Waals surface area (Å²) in [6, 6.07) is 15.5. The van der Waals surface area contributed by atoms with Crippen LogP contribution in [-0.4, -0.2) is 49.3 Å². The van der Waals surface area contributed by atoms with Crippen LogP contribution in [0.15, 0.2) is 53.3 Å². The molecule has 0 saturated carbocycles. The Bertz CT molecular complexity index is 1450. The van der Waals surface area contributed by atoms with E-state index in [0.29, 0.717) is 29.5 Å². The molecule has 5 rings (SSSR count). The molecule has 2 atom stereocenters. The van der Waals surface area contributed by atoms with Gasteiger partial charge < -0.3 is 9.72 Å². The summed E-state index contributed by atoms with van der Waals surface area (Å²) in [5.41, 5.74) is 3.18. The number of aromatic amines is 1. The zero-order valence-corrected chi connectivity index (χ0v) is 23.2. The lowest BCUT2D eigenvalue weighted by Crippen LogP contribution is -2.40. The van der Waals surface area contributed by atoms with Crippen molar-refractivity contribution in [2.45, 2.75) is 71.2 Å². The second-order valence-electron chi connectivity index (χ2n) is 11.0. The Hall–Kier alpha value is -3.07. The first-order valence-electron chi connectivity index (χ1n) is 13.3. The molecule has 0 spiro atoms. The number of aryl methyl sites for hydroxylation is 1. The summed E-state index contributed by atoms with van der Waals surface area (Å²) in [5, 5.41) is 14.6. The molecular formula is C29H35ClN6O2. The van der Waals surface area contributed by atoms with Crippen LogP contribution in [0.3, 0.4) is 0 Å². The summed E-state index contributed by atoms with van der Waals surface area (Å²) in [6.07, 6.45) is 2.98. The van der Waals surface area contributed by atoms with Crippen LogP contribution in [0.4, 0.5) is 0 Å². The van der Waals surface area contributed by atoms with Gasteiger partial charge in [0.1, 0.15) is 6.04 Å². The van der Waals surface area contributed by atoms with E-state index in [-0.39, 0.29) is 17.2 Å². The van der Waals surface area contributed by atoms with Gasteiger partial charge in [0.25, 0.3) is 5.56 Å². The van der Waals surface area contributed by atoms with Crippen LogP contribution in [0.1, 0.15) is 69.1 Å². The molecule has 1 aliphatic heterocycles. The van der Waals surface area contributed by atoms with Crippen molar-refractivity contribution >= 4 is 22.5 Å². The van der Waals surface area contributed by atoms with Gasteiger partial charge in [-0.1, -0.05) is 36.7 Å². The van der Waals surface area contributed by atoms with Crippen LogP contribution < -0.4 is 5.56 Å². The lowest BCUT2D eigenvalue weighted by Gasteiger charge is -2.34. The molecule has 0 amide bonds. The number of tetrazole rings is 1. The van der Waals surface area contributed by atoms with E-state index in [1.54, 1.807) is 0 Å². The largest absolute Gasteiger partial charge is 0.377 e. The average Bonchev–Trinajstić information content (AvgIpc) is 3.58. The molecule has 1 N–H and O–H groups in total. The second-order valence-corrected chi connectivity index (χ2v) is 11.5. The maximum absolute atomic E-state index is 13.7. The lowest BCUT2D eigenvalue weighted by atomic mass is 9.99. The van der Waals surface area contributed by atoms with Gasteiger partial charge in [-0.25, -0.2) is 4.68 Å². The number of rotatable bonds is 8. The maximum atomic E-state index is 13.7. The number of benzene rings is 2. The lowest BCUT2D eigenvalue weighted by molar-refractivity contribution is 0.0564. The van der Waals surface area contributed by atoms with E-state index < -0.39 is 6.04 Å². The molecule has 0 radical (unpaired) electrons. The van der Waals surface area contributed by atoms with E-state index in [9.17, 15) is 4.79 Å². The number of hydrogen-bond acceptors (Lipinski definition) is 6. The van der Waals surface area contributed by atoms with Gasteiger partial charge in [0.2, 0.25) is 0 Å². The number of hydrogen-bond donors (Lipinski definition) is 1. The summed E-state index contributed by atoms with van der Waals surface area (Å²) in [4.78, 5) is 19.1. The number of ether oxygens (including phenoxy) is 1. The van der Waals surface area contributed by atoms with Crippen molar-refractivity contribution in [3.63, 3.8) is 0 Å². The number of aromatic nitrogens is 5. The SMILES string of the molecule is CCc1ccc2[nH]c(=O)c([C@@H](c3nnnn3C(C)(C)C)N(Cc3ccc(Cl)cc3)C[C@H]3CCCO3)cc2c1. The van der Waals surface area contributed by atoms with Crippen molar-refractivity contribution in [2.24, 2.45) is 0 Å². The Morgan fingerprint density at radius 1 is 1.16 bits per heavy atom. The van der Waals surface area contributed by atoms with Crippen molar-refractivity contribution in [1.82, 2.24) is 30.1 Å².